The number of fused-ring (bicyclic) bond motifs is 1. The molecule has 0 radical (unpaired) electrons. The van der Waals surface area contributed by atoms with E-state index in [0.717, 1.165) is 11.3 Å². The molecule has 1 N–H and O–H groups in total. The highest BCUT2D eigenvalue weighted by Crippen LogP contribution is 2.33. The lowest BCUT2D eigenvalue weighted by atomic mass is 10.1. The zero-order valence-electron chi connectivity index (χ0n) is 17.3. The van der Waals surface area contributed by atoms with Crippen molar-refractivity contribution >= 4 is 5.91 Å². The van der Waals surface area contributed by atoms with Gasteiger partial charge in [-0.25, -0.2) is 4.98 Å². The second-order valence-corrected chi connectivity index (χ2v) is 7.13. The zero-order chi connectivity index (χ0) is 21.8. The first-order valence-corrected chi connectivity index (χ1v) is 9.96. The maximum atomic E-state index is 12.6. The third-order valence-electron chi connectivity index (χ3n) is 5.02. The Morgan fingerprint density at radius 1 is 1.13 bits per heavy atom. The third-order valence-corrected chi connectivity index (χ3v) is 5.02. The predicted octanol–water partition coefficient (Wildman–Crippen LogP) is 2.26. The molecule has 2 atom stereocenters. The largest absolute Gasteiger partial charge is 0.497 e. The molecule has 3 aromatic rings. The van der Waals surface area contributed by atoms with Crippen LogP contribution in [0.15, 0.2) is 65.7 Å². The van der Waals surface area contributed by atoms with Gasteiger partial charge in [0, 0.05) is 24.7 Å². The molecule has 160 valence electrons. The third kappa shape index (κ3) is 4.53. The van der Waals surface area contributed by atoms with Crippen LogP contribution in [0.25, 0.3) is 11.3 Å². The number of aromatic nitrogens is 2. The SMILES string of the molecule is COc1ccc(-c2cc(=O)n(CCNC(=O)C3Oc4ccccc4OC3C)cn2)cc1. The van der Waals surface area contributed by atoms with E-state index in [1.165, 1.54) is 17.0 Å². The summed E-state index contributed by atoms with van der Waals surface area (Å²) >= 11 is 0. The van der Waals surface area contributed by atoms with Gasteiger partial charge in [-0.2, -0.15) is 0 Å². The minimum absolute atomic E-state index is 0.199. The first kappa shape index (κ1) is 20.5. The smallest absolute Gasteiger partial charge is 0.265 e. The number of hydrogen-bond acceptors (Lipinski definition) is 6. The van der Waals surface area contributed by atoms with E-state index in [4.69, 9.17) is 14.2 Å². The van der Waals surface area contributed by atoms with Crippen LogP contribution in [0.2, 0.25) is 0 Å². The number of benzene rings is 2. The molecule has 1 amide bonds. The number of nitrogens with zero attached hydrogens (tertiary/aromatic N) is 2. The van der Waals surface area contributed by atoms with Gasteiger partial charge in [0.25, 0.3) is 11.5 Å². The zero-order valence-corrected chi connectivity index (χ0v) is 17.3. The molecule has 31 heavy (non-hydrogen) atoms. The number of methoxy groups -OCH3 is 1. The van der Waals surface area contributed by atoms with E-state index < -0.39 is 12.2 Å². The molecule has 0 saturated carbocycles. The normalized spacial score (nSPS) is 17.1. The molecular weight excluding hydrogens is 398 g/mol. The Labute approximate surface area is 179 Å². The van der Waals surface area contributed by atoms with Gasteiger partial charge in [0.05, 0.1) is 19.1 Å². The van der Waals surface area contributed by atoms with Crippen molar-refractivity contribution in [2.24, 2.45) is 0 Å². The molecular formula is C23H23N3O5. The van der Waals surface area contributed by atoms with Crippen molar-refractivity contribution in [3.63, 3.8) is 0 Å². The molecule has 4 rings (SSSR count). The summed E-state index contributed by atoms with van der Waals surface area (Å²) in [7, 11) is 1.60. The second kappa shape index (κ2) is 8.91. The minimum Gasteiger partial charge on any atom is -0.497 e. The Morgan fingerprint density at radius 3 is 2.52 bits per heavy atom. The quantitative estimate of drug-likeness (QED) is 0.657. The first-order chi connectivity index (χ1) is 15.0. The topological polar surface area (TPSA) is 91.7 Å². The highest BCUT2D eigenvalue weighted by Gasteiger charge is 2.33. The van der Waals surface area contributed by atoms with Crippen LogP contribution in [-0.2, 0) is 11.3 Å². The Bertz CT molecular complexity index is 1130. The van der Waals surface area contributed by atoms with E-state index in [0.29, 0.717) is 23.7 Å². The Morgan fingerprint density at radius 2 is 1.84 bits per heavy atom. The van der Waals surface area contributed by atoms with Gasteiger partial charge in [-0.3, -0.25) is 14.2 Å². The average molecular weight is 421 g/mol. The Balaban J connectivity index is 1.35. The summed E-state index contributed by atoms with van der Waals surface area (Å²) in [6.07, 6.45) is 0.290. The van der Waals surface area contributed by atoms with Crippen LogP contribution >= 0.6 is 0 Å². The number of nitrogens with one attached hydrogen (secondary N) is 1. The highest BCUT2D eigenvalue weighted by atomic mass is 16.6. The average Bonchev–Trinajstić information content (AvgIpc) is 2.79. The van der Waals surface area contributed by atoms with Gasteiger partial charge in [-0.05, 0) is 43.3 Å². The molecule has 2 unspecified atom stereocenters. The number of ether oxygens (including phenoxy) is 3. The van der Waals surface area contributed by atoms with Gasteiger partial charge < -0.3 is 19.5 Å². The summed E-state index contributed by atoms with van der Waals surface area (Å²) in [6.45, 7) is 2.34. The number of para-hydroxylation sites is 2. The summed E-state index contributed by atoms with van der Waals surface area (Å²) in [4.78, 5) is 29.4. The van der Waals surface area contributed by atoms with E-state index in [1.807, 2.05) is 36.4 Å². The Hall–Kier alpha value is -3.81. The molecule has 1 aromatic heterocycles. The van der Waals surface area contributed by atoms with E-state index in [1.54, 1.807) is 26.2 Å². The lowest BCUT2D eigenvalue weighted by molar-refractivity contribution is -0.133. The van der Waals surface area contributed by atoms with E-state index in [9.17, 15) is 9.59 Å². The highest BCUT2D eigenvalue weighted by molar-refractivity contribution is 5.82. The fourth-order valence-corrected chi connectivity index (χ4v) is 3.32. The fourth-order valence-electron chi connectivity index (χ4n) is 3.32. The molecule has 0 bridgehead atoms. The van der Waals surface area contributed by atoms with Crippen molar-refractivity contribution in [1.29, 1.82) is 0 Å². The van der Waals surface area contributed by atoms with Crippen molar-refractivity contribution in [3.05, 3.63) is 71.3 Å². The number of carbonyl (C=O) groups excluding carboxylic acids is 1. The number of amides is 1. The van der Waals surface area contributed by atoms with Crippen LogP contribution in [0.3, 0.4) is 0 Å². The fraction of sp³-hybridized carbons (Fsp3) is 0.261. The molecule has 0 fully saturated rings. The number of rotatable bonds is 6. The van der Waals surface area contributed by atoms with Crippen LogP contribution in [0.1, 0.15) is 6.92 Å². The lowest BCUT2D eigenvalue weighted by Gasteiger charge is -2.31. The van der Waals surface area contributed by atoms with Crippen LogP contribution in [0.5, 0.6) is 17.2 Å². The molecule has 2 aromatic carbocycles. The molecule has 1 aliphatic heterocycles. The Kier molecular flexibility index (Phi) is 5.88. The van der Waals surface area contributed by atoms with Gasteiger partial charge in [-0.1, -0.05) is 12.1 Å². The maximum Gasteiger partial charge on any atom is 0.265 e. The molecule has 0 spiro atoms. The number of hydrogen-bond donors (Lipinski definition) is 1. The lowest BCUT2D eigenvalue weighted by Crippen LogP contribution is -2.49. The molecule has 2 heterocycles. The molecule has 0 saturated heterocycles. The molecule has 0 aliphatic carbocycles. The summed E-state index contributed by atoms with van der Waals surface area (Å²) in [6, 6.07) is 16.0. The van der Waals surface area contributed by atoms with Crippen molar-refractivity contribution in [2.45, 2.75) is 25.7 Å². The summed E-state index contributed by atoms with van der Waals surface area (Å²) in [5.74, 6) is 1.60. The minimum atomic E-state index is -0.762. The van der Waals surface area contributed by atoms with Gasteiger partial charge in [0.1, 0.15) is 11.9 Å². The van der Waals surface area contributed by atoms with Crippen molar-refractivity contribution in [1.82, 2.24) is 14.9 Å². The van der Waals surface area contributed by atoms with Crippen LogP contribution < -0.4 is 25.1 Å². The van der Waals surface area contributed by atoms with Gasteiger partial charge in [0.2, 0.25) is 6.10 Å². The van der Waals surface area contributed by atoms with Gasteiger partial charge >= 0.3 is 0 Å². The number of carbonyl (C=O) groups is 1. The first-order valence-electron chi connectivity index (χ1n) is 9.96. The predicted molar refractivity (Wildman–Crippen MR) is 114 cm³/mol. The molecule has 1 aliphatic rings. The van der Waals surface area contributed by atoms with Gasteiger partial charge in [0.15, 0.2) is 11.5 Å². The maximum absolute atomic E-state index is 12.6. The van der Waals surface area contributed by atoms with E-state index >= 15 is 0 Å². The van der Waals surface area contributed by atoms with Crippen LogP contribution in [-0.4, -0.2) is 41.3 Å². The van der Waals surface area contributed by atoms with Gasteiger partial charge in [-0.15, -0.1) is 0 Å². The summed E-state index contributed by atoms with van der Waals surface area (Å²) in [5.41, 5.74) is 1.20. The molecule has 8 nitrogen and oxygen atoms in total. The van der Waals surface area contributed by atoms with Crippen molar-refractivity contribution in [2.75, 3.05) is 13.7 Å². The van der Waals surface area contributed by atoms with Crippen LogP contribution in [0, 0.1) is 0 Å². The standard InChI is InChI=1S/C23H23N3O5/c1-15-22(31-20-6-4-3-5-19(20)30-15)23(28)24-11-12-26-14-25-18(13-21(26)27)16-7-9-17(29-2)10-8-16/h3-10,13-15,22H,11-12H2,1-2H3,(H,24,28). The van der Waals surface area contributed by atoms with Crippen LogP contribution in [0.4, 0.5) is 0 Å². The summed E-state index contributed by atoms with van der Waals surface area (Å²) < 4.78 is 18.1. The van der Waals surface area contributed by atoms with E-state index in [-0.39, 0.29) is 18.0 Å². The second-order valence-electron chi connectivity index (χ2n) is 7.13. The summed E-state index contributed by atoms with van der Waals surface area (Å²) in [5, 5.41) is 2.80. The van der Waals surface area contributed by atoms with Crippen molar-refractivity contribution in [3.8, 4) is 28.5 Å². The van der Waals surface area contributed by atoms with E-state index in [2.05, 4.69) is 10.3 Å². The molecule has 8 heteroatoms. The monoisotopic (exact) mass is 421 g/mol. The van der Waals surface area contributed by atoms with Crippen molar-refractivity contribution < 1.29 is 19.0 Å².